The lowest BCUT2D eigenvalue weighted by atomic mass is 9.85. The van der Waals surface area contributed by atoms with Gasteiger partial charge in [-0.3, -0.25) is 9.59 Å². The Morgan fingerprint density at radius 3 is 2.81 bits per heavy atom. The third kappa shape index (κ3) is 4.75. The second-order valence-corrected chi connectivity index (χ2v) is 6.90. The second-order valence-electron chi connectivity index (χ2n) is 6.90. The minimum atomic E-state index is -0.201. The largest absolute Gasteiger partial charge is 0.359 e. The number of anilines is 1. The molecule has 2 N–H and O–H groups in total. The molecule has 1 aromatic rings. The maximum atomic E-state index is 12.7. The number of hydrogen-bond donors (Lipinski definition) is 2. The number of para-hydroxylation sites is 1. The maximum Gasteiger partial charge on any atom is 0.239 e. The van der Waals surface area contributed by atoms with Crippen LogP contribution in [0, 0.1) is 11.3 Å². The summed E-state index contributed by atoms with van der Waals surface area (Å²) in [6, 6.07) is 10.0. The zero-order chi connectivity index (χ0) is 19.1. The summed E-state index contributed by atoms with van der Waals surface area (Å²) in [5, 5.41) is 14.4. The molecule has 6 heteroatoms. The molecule has 2 rings (SSSR count). The van der Waals surface area contributed by atoms with Crippen LogP contribution in [0.1, 0.15) is 51.5 Å². The van der Waals surface area contributed by atoms with E-state index in [0.29, 0.717) is 19.4 Å². The smallest absolute Gasteiger partial charge is 0.239 e. The van der Waals surface area contributed by atoms with Crippen LogP contribution in [0.5, 0.6) is 0 Å². The molecule has 0 aliphatic carbocycles. The minimum absolute atomic E-state index is 0.0526. The standard InChI is InChI=1S/C20H28N4O2/c1-4-14(2)23-20(26)17-12-15(3)24(13-19(25)22-11-7-10-21)18-9-6-5-8-16(17)18/h5-6,8-9,14-15,17H,4,7,11-13H2,1-3H3,(H,22,25)(H,23,26)/t14-,15-,17-/m0/s1. The molecule has 6 nitrogen and oxygen atoms in total. The van der Waals surface area contributed by atoms with Crippen LogP contribution in [-0.4, -0.2) is 37.0 Å². The summed E-state index contributed by atoms with van der Waals surface area (Å²) in [5.74, 6) is -0.255. The first-order chi connectivity index (χ1) is 12.5. The Kier molecular flexibility index (Phi) is 7.02. The van der Waals surface area contributed by atoms with E-state index in [9.17, 15) is 9.59 Å². The number of amides is 2. The highest BCUT2D eigenvalue weighted by atomic mass is 16.2. The lowest BCUT2D eigenvalue weighted by Crippen LogP contribution is -2.48. The Morgan fingerprint density at radius 2 is 2.12 bits per heavy atom. The Hall–Kier alpha value is -2.55. The van der Waals surface area contributed by atoms with Gasteiger partial charge >= 0.3 is 0 Å². The summed E-state index contributed by atoms with van der Waals surface area (Å²) in [4.78, 5) is 27.0. The van der Waals surface area contributed by atoms with E-state index in [2.05, 4.69) is 17.6 Å². The molecule has 3 atom stereocenters. The van der Waals surface area contributed by atoms with E-state index >= 15 is 0 Å². The van der Waals surface area contributed by atoms with Gasteiger partial charge < -0.3 is 15.5 Å². The molecule has 26 heavy (non-hydrogen) atoms. The molecule has 1 aliphatic rings. The second kappa shape index (κ2) is 9.23. The lowest BCUT2D eigenvalue weighted by Gasteiger charge is -2.40. The first-order valence-corrected chi connectivity index (χ1v) is 9.27. The SMILES string of the molecule is CC[C@H](C)NC(=O)[C@H]1C[C@H](C)N(CC(=O)NCCC#N)c2ccccc21. The fourth-order valence-electron chi connectivity index (χ4n) is 3.28. The first kappa shape index (κ1) is 19.8. The van der Waals surface area contributed by atoms with Crippen LogP contribution >= 0.6 is 0 Å². The van der Waals surface area contributed by atoms with E-state index in [4.69, 9.17) is 5.26 Å². The van der Waals surface area contributed by atoms with Gasteiger partial charge in [-0.25, -0.2) is 0 Å². The number of carbonyl (C=O) groups is 2. The summed E-state index contributed by atoms with van der Waals surface area (Å²) in [5.41, 5.74) is 1.90. The number of benzene rings is 1. The Labute approximate surface area is 155 Å². The molecule has 0 saturated carbocycles. The number of hydrogen-bond acceptors (Lipinski definition) is 4. The van der Waals surface area contributed by atoms with E-state index in [1.807, 2.05) is 49.1 Å². The van der Waals surface area contributed by atoms with E-state index in [1.165, 1.54) is 0 Å². The number of nitrogens with one attached hydrogen (secondary N) is 2. The normalized spacial score (nSPS) is 19.8. The summed E-state index contributed by atoms with van der Waals surface area (Å²) in [6.07, 6.45) is 1.87. The van der Waals surface area contributed by atoms with Gasteiger partial charge in [0.05, 0.1) is 25.0 Å². The van der Waals surface area contributed by atoms with Crippen molar-refractivity contribution in [2.24, 2.45) is 0 Å². The minimum Gasteiger partial charge on any atom is -0.359 e. The van der Waals surface area contributed by atoms with Crippen LogP contribution in [0.2, 0.25) is 0 Å². The van der Waals surface area contributed by atoms with Gasteiger partial charge in [0.25, 0.3) is 0 Å². The Bertz CT molecular complexity index is 683. The van der Waals surface area contributed by atoms with Gasteiger partial charge in [0.1, 0.15) is 0 Å². The van der Waals surface area contributed by atoms with E-state index in [0.717, 1.165) is 17.7 Å². The van der Waals surface area contributed by atoms with Crippen LogP contribution in [0.4, 0.5) is 5.69 Å². The zero-order valence-electron chi connectivity index (χ0n) is 15.8. The fourth-order valence-corrected chi connectivity index (χ4v) is 3.28. The highest BCUT2D eigenvalue weighted by Crippen LogP contribution is 2.38. The predicted molar refractivity (Wildman–Crippen MR) is 102 cm³/mol. The molecular weight excluding hydrogens is 328 g/mol. The van der Waals surface area contributed by atoms with Crippen LogP contribution in [0.25, 0.3) is 0 Å². The van der Waals surface area contributed by atoms with Crippen LogP contribution < -0.4 is 15.5 Å². The zero-order valence-corrected chi connectivity index (χ0v) is 15.8. The number of rotatable bonds is 7. The lowest BCUT2D eigenvalue weighted by molar-refractivity contribution is -0.123. The molecule has 1 aliphatic heterocycles. The van der Waals surface area contributed by atoms with Crippen molar-refractivity contribution < 1.29 is 9.59 Å². The monoisotopic (exact) mass is 356 g/mol. The van der Waals surface area contributed by atoms with Crippen molar-refractivity contribution in [2.45, 2.75) is 58.0 Å². The van der Waals surface area contributed by atoms with Gasteiger partial charge in [0, 0.05) is 24.3 Å². The summed E-state index contributed by atoms with van der Waals surface area (Å²) >= 11 is 0. The molecule has 1 heterocycles. The van der Waals surface area contributed by atoms with Crippen LogP contribution in [0.15, 0.2) is 24.3 Å². The van der Waals surface area contributed by atoms with Crippen molar-refractivity contribution in [3.8, 4) is 6.07 Å². The molecule has 0 saturated heterocycles. The highest BCUT2D eigenvalue weighted by Gasteiger charge is 2.34. The molecule has 0 aromatic heterocycles. The van der Waals surface area contributed by atoms with Crippen molar-refractivity contribution in [3.05, 3.63) is 29.8 Å². The number of carbonyl (C=O) groups excluding carboxylic acids is 2. The van der Waals surface area contributed by atoms with Crippen molar-refractivity contribution >= 4 is 17.5 Å². The third-order valence-corrected chi connectivity index (χ3v) is 4.92. The fraction of sp³-hybridized carbons (Fsp3) is 0.550. The van der Waals surface area contributed by atoms with E-state index in [-0.39, 0.29) is 36.4 Å². The molecule has 140 valence electrons. The first-order valence-electron chi connectivity index (χ1n) is 9.27. The maximum absolute atomic E-state index is 12.7. The molecular formula is C20H28N4O2. The summed E-state index contributed by atoms with van der Waals surface area (Å²) in [6.45, 7) is 6.69. The van der Waals surface area contributed by atoms with Crippen molar-refractivity contribution in [1.82, 2.24) is 10.6 Å². The average molecular weight is 356 g/mol. The number of nitriles is 1. The van der Waals surface area contributed by atoms with E-state index < -0.39 is 0 Å². The summed E-state index contributed by atoms with van der Waals surface area (Å²) in [7, 11) is 0. The molecule has 0 radical (unpaired) electrons. The van der Waals surface area contributed by atoms with Crippen molar-refractivity contribution in [3.63, 3.8) is 0 Å². The van der Waals surface area contributed by atoms with Crippen molar-refractivity contribution in [1.29, 1.82) is 5.26 Å². The topological polar surface area (TPSA) is 85.2 Å². The predicted octanol–water partition coefficient (Wildman–Crippen LogP) is 2.31. The third-order valence-electron chi connectivity index (χ3n) is 4.92. The number of nitrogens with zero attached hydrogens (tertiary/aromatic N) is 2. The highest BCUT2D eigenvalue weighted by molar-refractivity contribution is 5.88. The Balaban J connectivity index is 2.17. The van der Waals surface area contributed by atoms with Gasteiger partial charge in [-0.1, -0.05) is 25.1 Å². The summed E-state index contributed by atoms with van der Waals surface area (Å²) < 4.78 is 0. The van der Waals surface area contributed by atoms with Crippen LogP contribution in [-0.2, 0) is 9.59 Å². The molecule has 2 amide bonds. The van der Waals surface area contributed by atoms with Gasteiger partial charge in [0.15, 0.2) is 0 Å². The molecule has 0 spiro atoms. The van der Waals surface area contributed by atoms with Crippen molar-refractivity contribution in [2.75, 3.05) is 18.0 Å². The van der Waals surface area contributed by atoms with E-state index in [1.54, 1.807) is 0 Å². The average Bonchev–Trinajstić information content (AvgIpc) is 2.63. The van der Waals surface area contributed by atoms with Gasteiger partial charge in [-0.15, -0.1) is 0 Å². The molecule has 0 bridgehead atoms. The molecule has 0 fully saturated rings. The van der Waals surface area contributed by atoms with Crippen LogP contribution in [0.3, 0.4) is 0 Å². The van der Waals surface area contributed by atoms with Gasteiger partial charge in [0.2, 0.25) is 11.8 Å². The van der Waals surface area contributed by atoms with Gasteiger partial charge in [-0.05, 0) is 38.3 Å². The van der Waals surface area contributed by atoms with Gasteiger partial charge in [-0.2, -0.15) is 5.26 Å². The number of fused-ring (bicyclic) bond motifs is 1. The molecule has 1 aromatic carbocycles. The Morgan fingerprint density at radius 1 is 1.38 bits per heavy atom. The quantitative estimate of drug-likeness (QED) is 0.734. The molecule has 0 unspecified atom stereocenters.